The van der Waals surface area contributed by atoms with Gasteiger partial charge in [0.1, 0.15) is 0 Å². The highest BCUT2D eigenvalue weighted by Gasteiger charge is 2.33. The number of aryl methyl sites for hydroxylation is 1. The van der Waals surface area contributed by atoms with Gasteiger partial charge in [0.05, 0.1) is 16.8 Å². The molecule has 1 heterocycles. The van der Waals surface area contributed by atoms with Crippen LogP contribution in [0.5, 0.6) is 0 Å². The van der Waals surface area contributed by atoms with Gasteiger partial charge in [-0.25, -0.2) is 9.78 Å². The number of benzene rings is 1. The van der Waals surface area contributed by atoms with Gasteiger partial charge in [-0.3, -0.25) is 0 Å². The lowest BCUT2D eigenvalue weighted by Crippen LogP contribution is -2.07. The van der Waals surface area contributed by atoms with E-state index in [4.69, 9.17) is 5.11 Å². The molecule has 0 aliphatic carbocycles. The first kappa shape index (κ1) is 14.0. The van der Waals surface area contributed by atoms with Crippen LogP contribution in [0.4, 0.5) is 13.2 Å². The van der Waals surface area contributed by atoms with Crippen molar-refractivity contribution in [3.05, 3.63) is 47.2 Å². The maximum absolute atomic E-state index is 12.9. The van der Waals surface area contributed by atoms with Crippen molar-refractivity contribution in [2.75, 3.05) is 0 Å². The second kappa shape index (κ2) is 4.96. The van der Waals surface area contributed by atoms with Gasteiger partial charge in [-0.2, -0.15) is 13.2 Å². The number of rotatable bonds is 2. The van der Waals surface area contributed by atoms with Crippen molar-refractivity contribution < 1.29 is 23.1 Å². The van der Waals surface area contributed by atoms with Crippen LogP contribution in [0.2, 0.25) is 0 Å². The van der Waals surface area contributed by atoms with Crippen LogP contribution in [0.25, 0.3) is 17.0 Å². The molecule has 0 bridgehead atoms. The minimum Gasteiger partial charge on any atom is -0.478 e. The van der Waals surface area contributed by atoms with Gasteiger partial charge in [0, 0.05) is 11.5 Å². The van der Waals surface area contributed by atoms with Crippen LogP contribution >= 0.6 is 0 Å². The van der Waals surface area contributed by atoms with Crippen molar-refractivity contribution >= 4 is 22.9 Å². The maximum Gasteiger partial charge on any atom is 0.417 e. The van der Waals surface area contributed by atoms with Gasteiger partial charge in [0.25, 0.3) is 0 Å². The van der Waals surface area contributed by atoms with Crippen LogP contribution in [-0.4, -0.2) is 16.1 Å². The second-order valence-corrected chi connectivity index (χ2v) is 4.23. The number of carboxylic acids is 1. The van der Waals surface area contributed by atoms with Crippen molar-refractivity contribution in [1.29, 1.82) is 0 Å². The molecule has 1 aromatic carbocycles. The molecule has 0 saturated carbocycles. The number of hydrogen-bond donors (Lipinski definition) is 1. The Hall–Kier alpha value is -2.37. The first-order chi connectivity index (χ1) is 9.29. The lowest BCUT2D eigenvalue weighted by atomic mass is 10.0. The molecule has 0 fully saturated rings. The van der Waals surface area contributed by atoms with E-state index in [1.807, 2.05) is 0 Å². The SMILES string of the molecule is Cc1cc(/C=C/C(=O)O)nc2cccc(C(F)(F)F)c12. The Morgan fingerprint density at radius 1 is 1.35 bits per heavy atom. The third kappa shape index (κ3) is 2.79. The fraction of sp³-hybridized carbons (Fsp3) is 0.143. The molecular formula is C14H10F3NO2. The average molecular weight is 281 g/mol. The number of alkyl halides is 3. The normalized spacial score (nSPS) is 12.2. The van der Waals surface area contributed by atoms with Gasteiger partial charge in [0.2, 0.25) is 0 Å². The summed E-state index contributed by atoms with van der Waals surface area (Å²) in [5, 5.41) is 8.58. The summed E-state index contributed by atoms with van der Waals surface area (Å²) in [5.74, 6) is -1.14. The molecule has 6 heteroatoms. The molecule has 104 valence electrons. The van der Waals surface area contributed by atoms with E-state index in [2.05, 4.69) is 4.98 Å². The van der Waals surface area contributed by atoms with E-state index < -0.39 is 17.7 Å². The highest BCUT2D eigenvalue weighted by Crippen LogP contribution is 2.35. The van der Waals surface area contributed by atoms with E-state index in [-0.39, 0.29) is 10.9 Å². The van der Waals surface area contributed by atoms with Gasteiger partial charge in [0.15, 0.2) is 0 Å². The fourth-order valence-corrected chi connectivity index (χ4v) is 1.99. The fourth-order valence-electron chi connectivity index (χ4n) is 1.99. The van der Waals surface area contributed by atoms with E-state index in [0.717, 1.165) is 12.1 Å². The Kier molecular flexibility index (Phi) is 3.48. The summed E-state index contributed by atoms with van der Waals surface area (Å²) in [5.41, 5.74) is 0.142. The molecule has 0 aliphatic heterocycles. The van der Waals surface area contributed by atoms with Gasteiger partial charge in [-0.15, -0.1) is 0 Å². The largest absolute Gasteiger partial charge is 0.478 e. The predicted molar refractivity (Wildman–Crippen MR) is 68.2 cm³/mol. The molecule has 3 nitrogen and oxygen atoms in total. The zero-order valence-electron chi connectivity index (χ0n) is 10.4. The van der Waals surface area contributed by atoms with Crippen LogP contribution in [0, 0.1) is 6.92 Å². The van der Waals surface area contributed by atoms with Crippen LogP contribution in [0.3, 0.4) is 0 Å². The summed E-state index contributed by atoms with van der Waals surface area (Å²) in [7, 11) is 0. The Balaban J connectivity index is 2.67. The van der Waals surface area contributed by atoms with E-state index in [9.17, 15) is 18.0 Å². The first-order valence-electron chi connectivity index (χ1n) is 5.67. The molecule has 0 aliphatic rings. The van der Waals surface area contributed by atoms with Crippen LogP contribution in [0.1, 0.15) is 16.8 Å². The average Bonchev–Trinajstić information content (AvgIpc) is 2.34. The number of halogens is 3. The summed E-state index contributed by atoms with van der Waals surface area (Å²) < 4.78 is 38.8. The number of aliphatic carboxylic acids is 1. The lowest BCUT2D eigenvalue weighted by molar-refractivity contribution is -0.136. The third-order valence-electron chi connectivity index (χ3n) is 2.75. The van der Waals surface area contributed by atoms with Crippen LogP contribution in [0.15, 0.2) is 30.3 Å². The number of nitrogens with zero attached hydrogens (tertiary/aromatic N) is 1. The summed E-state index contributed by atoms with van der Waals surface area (Å²) in [4.78, 5) is 14.5. The molecule has 20 heavy (non-hydrogen) atoms. The Morgan fingerprint density at radius 2 is 2.05 bits per heavy atom. The number of carbonyl (C=O) groups is 1. The molecule has 0 unspecified atom stereocenters. The summed E-state index contributed by atoms with van der Waals surface area (Å²) in [6.45, 7) is 1.54. The molecule has 1 aromatic heterocycles. The molecule has 2 aromatic rings. The quantitative estimate of drug-likeness (QED) is 0.855. The molecule has 0 spiro atoms. The zero-order chi connectivity index (χ0) is 14.9. The van der Waals surface area contributed by atoms with E-state index in [1.54, 1.807) is 0 Å². The highest BCUT2D eigenvalue weighted by atomic mass is 19.4. The number of carboxylic acid groups (broad SMARTS) is 1. The zero-order valence-corrected chi connectivity index (χ0v) is 10.4. The van der Waals surface area contributed by atoms with Gasteiger partial charge in [-0.1, -0.05) is 6.07 Å². The molecular weight excluding hydrogens is 271 g/mol. The molecule has 0 atom stereocenters. The predicted octanol–water partition coefficient (Wildman–Crippen LogP) is 3.66. The van der Waals surface area contributed by atoms with E-state index in [0.29, 0.717) is 11.3 Å². The van der Waals surface area contributed by atoms with Crippen molar-refractivity contribution in [3.8, 4) is 0 Å². The third-order valence-corrected chi connectivity index (χ3v) is 2.75. The maximum atomic E-state index is 12.9. The minimum atomic E-state index is -4.45. The lowest BCUT2D eigenvalue weighted by Gasteiger charge is -2.12. The van der Waals surface area contributed by atoms with Crippen LogP contribution in [-0.2, 0) is 11.0 Å². The number of pyridine rings is 1. The number of aromatic nitrogens is 1. The summed E-state index contributed by atoms with van der Waals surface area (Å²) >= 11 is 0. The Bertz CT molecular complexity index is 705. The molecule has 0 saturated heterocycles. The highest BCUT2D eigenvalue weighted by molar-refractivity contribution is 5.89. The van der Waals surface area contributed by atoms with Crippen molar-refractivity contribution in [2.24, 2.45) is 0 Å². The molecule has 1 N–H and O–H groups in total. The second-order valence-electron chi connectivity index (χ2n) is 4.23. The van der Waals surface area contributed by atoms with E-state index >= 15 is 0 Å². The standard InChI is InChI=1S/C14H10F3NO2/c1-8-7-9(5-6-12(19)20)18-11-4-2-3-10(13(8)11)14(15,16)17/h2-7H,1H3,(H,19,20)/b6-5+. The molecule has 0 amide bonds. The summed E-state index contributed by atoms with van der Waals surface area (Å²) in [6, 6.07) is 5.18. The number of hydrogen-bond acceptors (Lipinski definition) is 2. The minimum absolute atomic E-state index is 0.0347. The Morgan fingerprint density at radius 3 is 2.65 bits per heavy atom. The van der Waals surface area contributed by atoms with E-state index in [1.165, 1.54) is 31.2 Å². The monoisotopic (exact) mass is 281 g/mol. The smallest absolute Gasteiger partial charge is 0.417 e. The first-order valence-corrected chi connectivity index (χ1v) is 5.67. The van der Waals surface area contributed by atoms with Crippen molar-refractivity contribution in [3.63, 3.8) is 0 Å². The number of fused-ring (bicyclic) bond motifs is 1. The van der Waals surface area contributed by atoms with Gasteiger partial charge >= 0.3 is 12.1 Å². The van der Waals surface area contributed by atoms with Crippen LogP contribution < -0.4 is 0 Å². The topological polar surface area (TPSA) is 50.2 Å². The van der Waals surface area contributed by atoms with Crippen molar-refractivity contribution in [2.45, 2.75) is 13.1 Å². The van der Waals surface area contributed by atoms with Crippen molar-refractivity contribution in [1.82, 2.24) is 4.98 Å². The van der Waals surface area contributed by atoms with Gasteiger partial charge in [-0.05, 0) is 36.8 Å². The Labute approximate surface area is 112 Å². The molecule has 2 rings (SSSR count). The summed E-state index contributed by atoms with van der Waals surface area (Å²) in [6.07, 6.45) is -2.32. The van der Waals surface area contributed by atoms with Gasteiger partial charge < -0.3 is 5.11 Å². The molecule has 0 radical (unpaired) electrons.